The molecule has 0 fully saturated rings. The Hall–Kier alpha value is -1.68. The monoisotopic (exact) mass is 223 g/mol. The maximum atomic E-state index is 5.52. The molecular weight excluding hydrogens is 206 g/mol. The zero-order valence-electron chi connectivity index (χ0n) is 10.1. The molecule has 0 N–H and O–H groups in total. The predicted octanol–water partition coefficient (Wildman–Crippen LogP) is 3.51. The van der Waals surface area contributed by atoms with Crippen LogP contribution < -0.4 is 4.90 Å². The summed E-state index contributed by atoms with van der Waals surface area (Å²) >= 11 is 0. The Morgan fingerprint density at radius 1 is 1.18 bits per heavy atom. The lowest BCUT2D eigenvalue weighted by molar-refractivity contribution is 0.632. The predicted molar refractivity (Wildman–Crippen MR) is 71.8 cm³/mol. The van der Waals surface area contributed by atoms with Gasteiger partial charge in [-0.05, 0) is 49.3 Å². The van der Waals surface area contributed by atoms with E-state index in [9.17, 15) is 0 Å². The molecule has 0 amide bonds. The summed E-state index contributed by atoms with van der Waals surface area (Å²) in [5, 5.41) is 0. The summed E-state index contributed by atoms with van der Waals surface area (Å²) in [5.41, 5.74) is 5.88. The van der Waals surface area contributed by atoms with Crippen LogP contribution in [0.2, 0.25) is 0 Å². The number of rotatable bonds is 1. The molecule has 3 rings (SSSR count). The van der Waals surface area contributed by atoms with Gasteiger partial charge in [-0.2, -0.15) is 0 Å². The van der Waals surface area contributed by atoms with Crippen LogP contribution in [0.15, 0.2) is 35.5 Å². The van der Waals surface area contributed by atoms with Crippen molar-refractivity contribution in [3.05, 3.63) is 41.1 Å². The van der Waals surface area contributed by atoms with Crippen LogP contribution in [-0.2, 0) is 6.42 Å². The van der Waals surface area contributed by atoms with Crippen LogP contribution in [0.4, 0.5) is 5.69 Å². The molecule has 1 heterocycles. The zero-order valence-corrected chi connectivity index (χ0v) is 10.1. The van der Waals surface area contributed by atoms with Gasteiger partial charge in [-0.15, -0.1) is 6.42 Å². The summed E-state index contributed by atoms with van der Waals surface area (Å²) in [6.07, 6.45) is 11.8. The molecule has 17 heavy (non-hydrogen) atoms. The van der Waals surface area contributed by atoms with Gasteiger partial charge in [-0.3, -0.25) is 0 Å². The Bertz CT molecular complexity index is 505. The number of fused-ring (bicyclic) bond motifs is 1. The fraction of sp³-hybridized carbons (Fsp3) is 0.375. The molecule has 1 aliphatic heterocycles. The Balaban J connectivity index is 2.07. The van der Waals surface area contributed by atoms with Crippen molar-refractivity contribution in [3.63, 3.8) is 0 Å². The van der Waals surface area contributed by atoms with E-state index in [4.69, 9.17) is 6.42 Å². The summed E-state index contributed by atoms with van der Waals surface area (Å²) in [7, 11) is 0. The lowest BCUT2D eigenvalue weighted by Gasteiger charge is -2.36. The largest absolute Gasteiger partial charge is 0.333 e. The molecule has 0 unspecified atom stereocenters. The van der Waals surface area contributed by atoms with Crippen molar-refractivity contribution < 1.29 is 0 Å². The van der Waals surface area contributed by atoms with Crippen molar-refractivity contribution in [1.29, 1.82) is 0 Å². The maximum absolute atomic E-state index is 5.52. The van der Waals surface area contributed by atoms with Gasteiger partial charge in [0.05, 0.1) is 6.54 Å². The van der Waals surface area contributed by atoms with Crippen molar-refractivity contribution >= 4 is 5.69 Å². The Morgan fingerprint density at radius 2 is 2.00 bits per heavy atom. The number of benzene rings is 1. The van der Waals surface area contributed by atoms with Crippen LogP contribution in [0, 0.1) is 12.3 Å². The SMILES string of the molecule is C#CCN1C2=C(CCCC2)Cc2ccccc21. The van der Waals surface area contributed by atoms with Crippen molar-refractivity contribution in [2.45, 2.75) is 32.1 Å². The van der Waals surface area contributed by atoms with Gasteiger partial charge >= 0.3 is 0 Å². The minimum absolute atomic E-state index is 0.704. The first kappa shape index (κ1) is 10.5. The molecule has 0 saturated heterocycles. The first-order chi connectivity index (χ1) is 8.40. The van der Waals surface area contributed by atoms with Crippen molar-refractivity contribution in [3.8, 4) is 12.3 Å². The quantitative estimate of drug-likeness (QED) is 0.658. The van der Waals surface area contributed by atoms with Crippen LogP contribution in [0.5, 0.6) is 0 Å². The van der Waals surface area contributed by atoms with Crippen LogP contribution >= 0.6 is 0 Å². The highest BCUT2D eigenvalue weighted by molar-refractivity contribution is 5.64. The van der Waals surface area contributed by atoms with Crippen molar-refractivity contribution in [2.75, 3.05) is 11.4 Å². The normalized spacial score (nSPS) is 18.4. The fourth-order valence-corrected chi connectivity index (χ4v) is 3.04. The van der Waals surface area contributed by atoms with Crippen LogP contribution in [0.25, 0.3) is 0 Å². The van der Waals surface area contributed by atoms with Gasteiger partial charge in [0.1, 0.15) is 0 Å². The van der Waals surface area contributed by atoms with Crippen LogP contribution in [0.3, 0.4) is 0 Å². The van der Waals surface area contributed by atoms with E-state index in [0.29, 0.717) is 6.54 Å². The molecule has 0 atom stereocenters. The third-order valence-corrected chi connectivity index (χ3v) is 3.81. The summed E-state index contributed by atoms with van der Waals surface area (Å²) < 4.78 is 0. The zero-order chi connectivity index (χ0) is 11.7. The van der Waals surface area contributed by atoms with Crippen molar-refractivity contribution in [1.82, 2.24) is 0 Å². The Morgan fingerprint density at radius 3 is 2.88 bits per heavy atom. The summed E-state index contributed by atoms with van der Waals surface area (Å²) in [5.74, 6) is 2.80. The maximum Gasteiger partial charge on any atom is 0.0837 e. The van der Waals surface area contributed by atoms with E-state index >= 15 is 0 Å². The number of allylic oxidation sites excluding steroid dienone is 2. The average molecular weight is 223 g/mol. The molecular formula is C16H17N. The number of nitrogens with zero attached hydrogens (tertiary/aromatic N) is 1. The first-order valence-electron chi connectivity index (χ1n) is 6.40. The molecule has 1 aromatic carbocycles. The van der Waals surface area contributed by atoms with Crippen LogP contribution in [0.1, 0.15) is 31.2 Å². The molecule has 1 aliphatic carbocycles. The van der Waals surface area contributed by atoms with E-state index in [2.05, 4.69) is 35.1 Å². The van der Waals surface area contributed by atoms with E-state index < -0.39 is 0 Å². The van der Waals surface area contributed by atoms with Gasteiger partial charge in [-0.1, -0.05) is 24.1 Å². The van der Waals surface area contributed by atoms with Gasteiger partial charge in [0.2, 0.25) is 0 Å². The van der Waals surface area contributed by atoms with E-state index in [0.717, 1.165) is 6.42 Å². The van der Waals surface area contributed by atoms with E-state index in [1.54, 1.807) is 5.57 Å². The molecule has 0 aromatic heterocycles. The molecule has 86 valence electrons. The number of terminal acetylenes is 1. The van der Waals surface area contributed by atoms with E-state index in [1.807, 2.05) is 0 Å². The molecule has 1 heteroatoms. The van der Waals surface area contributed by atoms with Gasteiger partial charge in [-0.25, -0.2) is 0 Å². The standard InChI is InChI=1S/C16H17N/c1-2-11-17-15-9-5-3-7-13(15)12-14-8-4-6-10-16(14)17/h1,3,5,7,9H,4,6,8,10-12H2. The molecule has 1 aromatic rings. The van der Waals surface area contributed by atoms with Gasteiger partial charge in [0.25, 0.3) is 0 Å². The molecule has 2 aliphatic rings. The fourth-order valence-electron chi connectivity index (χ4n) is 3.04. The summed E-state index contributed by atoms with van der Waals surface area (Å²) in [4.78, 5) is 2.35. The second-order valence-electron chi connectivity index (χ2n) is 4.85. The number of anilines is 1. The third kappa shape index (κ3) is 1.74. The smallest absolute Gasteiger partial charge is 0.0837 e. The second kappa shape index (κ2) is 4.30. The summed E-state index contributed by atoms with van der Waals surface area (Å²) in [6.45, 7) is 0.704. The molecule has 0 saturated carbocycles. The topological polar surface area (TPSA) is 3.24 Å². The number of para-hydroxylation sites is 1. The van der Waals surface area contributed by atoms with E-state index in [1.165, 1.54) is 42.6 Å². The first-order valence-corrected chi connectivity index (χ1v) is 6.40. The third-order valence-electron chi connectivity index (χ3n) is 3.81. The molecule has 0 radical (unpaired) electrons. The average Bonchev–Trinajstić information content (AvgIpc) is 2.39. The molecule has 1 nitrogen and oxygen atoms in total. The highest BCUT2D eigenvalue weighted by Crippen LogP contribution is 2.39. The Kier molecular flexibility index (Phi) is 2.65. The van der Waals surface area contributed by atoms with E-state index in [-0.39, 0.29) is 0 Å². The van der Waals surface area contributed by atoms with Gasteiger partial charge in [0, 0.05) is 11.4 Å². The lowest BCUT2D eigenvalue weighted by atomic mass is 9.87. The number of hydrogen-bond acceptors (Lipinski definition) is 1. The highest BCUT2D eigenvalue weighted by atomic mass is 15.1. The second-order valence-corrected chi connectivity index (χ2v) is 4.85. The van der Waals surface area contributed by atoms with Gasteiger partial charge < -0.3 is 4.90 Å². The number of hydrogen-bond donors (Lipinski definition) is 0. The van der Waals surface area contributed by atoms with Crippen LogP contribution in [-0.4, -0.2) is 6.54 Å². The lowest BCUT2D eigenvalue weighted by Crippen LogP contribution is -2.30. The van der Waals surface area contributed by atoms with Crippen molar-refractivity contribution in [2.24, 2.45) is 0 Å². The summed E-state index contributed by atoms with van der Waals surface area (Å²) in [6, 6.07) is 8.67. The Labute approximate surface area is 103 Å². The molecule has 0 spiro atoms. The minimum atomic E-state index is 0.704. The van der Waals surface area contributed by atoms with Gasteiger partial charge in [0.15, 0.2) is 0 Å². The molecule has 0 bridgehead atoms. The minimum Gasteiger partial charge on any atom is -0.333 e. The highest BCUT2D eigenvalue weighted by Gasteiger charge is 2.25.